The summed E-state index contributed by atoms with van der Waals surface area (Å²) >= 11 is 0. The SMILES string of the molecule is CCOC(=O)[C@]12CCCN[C@@H]1CCN(C(=O)c1ccccc1-c1nccn1C)C2. The molecule has 0 spiro atoms. The molecule has 154 valence electrons. The zero-order valence-corrected chi connectivity index (χ0v) is 17.1. The molecule has 0 saturated carbocycles. The Morgan fingerprint density at radius 2 is 2.17 bits per heavy atom. The first kappa shape index (κ1) is 19.6. The second kappa shape index (κ2) is 7.99. The zero-order valence-electron chi connectivity index (χ0n) is 17.1. The maximum absolute atomic E-state index is 13.5. The van der Waals surface area contributed by atoms with Gasteiger partial charge in [0.2, 0.25) is 0 Å². The number of nitrogens with one attached hydrogen (secondary N) is 1. The highest BCUT2D eigenvalue weighted by molar-refractivity contribution is 6.00. The Hall–Kier alpha value is -2.67. The lowest BCUT2D eigenvalue weighted by molar-refractivity contribution is -0.162. The third-order valence-corrected chi connectivity index (χ3v) is 6.21. The predicted octanol–water partition coefficient (Wildman–Crippen LogP) is 2.23. The van der Waals surface area contributed by atoms with Gasteiger partial charge in [-0.05, 0) is 38.8 Å². The molecular weight excluding hydrogens is 368 g/mol. The van der Waals surface area contributed by atoms with Crippen LogP contribution in [0.25, 0.3) is 11.4 Å². The summed E-state index contributed by atoms with van der Waals surface area (Å²) in [7, 11) is 1.92. The summed E-state index contributed by atoms with van der Waals surface area (Å²) in [6.45, 7) is 4.09. The molecule has 2 aliphatic heterocycles. The lowest BCUT2D eigenvalue weighted by Crippen LogP contribution is -2.64. The predicted molar refractivity (Wildman–Crippen MR) is 109 cm³/mol. The Morgan fingerprint density at radius 1 is 1.34 bits per heavy atom. The first-order valence-electron chi connectivity index (χ1n) is 10.3. The van der Waals surface area contributed by atoms with Crippen LogP contribution in [0.15, 0.2) is 36.7 Å². The van der Waals surface area contributed by atoms with Gasteiger partial charge < -0.3 is 19.5 Å². The van der Waals surface area contributed by atoms with Crippen LogP contribution in [0.2, 0.25) is 0 Å². The fraction of sp³-hybridized carbons (Fsp3) is 0.500. The largest absolute Gasteiger partial charge is 0.465 e. The van der Waals surface area contributed by atoms with Crippen molar-refractivity contribution in [3.63, 3.8) is 0 Å². The number of imidazole rings is 1. The monoisotopic (exact) mass is 396 g/mol. The minimum absolute atomic E-state index is 0.0590. The number of hydrogen-bond donors (Lipinski definition) is 1. The first-order valence-corrected chi connectivity index (χ1v) is 10.3. The number of piperidine rings is 2. The van der Waals surface area contributed by atoms with E-state index in [2.05, 4.69) is 10.3 Å². The molecular formula is C22H28N4O3. The number of carbonyl (C=O) groups is 2. The maximum atomic E-state index is 13.5. The molecule has 2 saturated heterocycles. The van der Waals surface area contributed by atoms with Crippen LogP contribution in [0, 0.1) is 5.41 Å². The smallest absolute Gasteiger partial charge is 0.315 e. The fourth-order valence-electron chi connectivity index (χ4n) is 4.74. The van der Waals surface area contributed by atoms with Crippen LogP contribution in [-0.2, 0) is 16.6 Å². The number of rotatable bonds is 4. The number of amides is 1. The number of carbonyl (C=O) groups excluding carboxylic acids is 2. The van der Waals surface area contributed by atoms with Crippen molar-refractivity contribution in [2.45, 2.75) is 32.2 Å². The molecule has 1 aromatic heterocycles. The summed E-state index contributed by atoms with van der Waals surface area (Å²) in [4.78, 5) is 32.7. The van der Waals surface area contributed by atoms with Crippen LogP contribution in [0.3, 0.4) is 0 Å². The lowest BCUT2D eigenvalue weighted by Gasteiger charge is -2.49. The molecule has 0 aliphatic carbocycles. The van der Waals surface area contributed by atoms with Gasteiger partial charge in [0.05, 0.1) is 12.2 Å². The van der Waals surface area contributed by atoms with Crippen LogP contribution in [-0.4, -0.2) is 58.6 Å². The molecule has 2 aromatic rings. The highest BCUT2D eigenvalue weighted by Gasteiger charge is 2.52. The van der Waals surface area contributed by atoms with E-state index in [9.17, 15) is 9.59 Å². The number of esters is 1. The van der Waals surface area contributed by atoms with E-state index in [4.69, 9.17) is 4.74 Å². The van der Waals surface area contributed by atoms with Crippen LogP contribution in [0.1, 0.15) is 36.5 Å². The van der Waals surface area contributed by atoms with Crippen molar-refractivity contribution in [2.75, 3.05) is 26.2 Å². The number of benzene rings is 1. The Bertz CT molecular complexity index is 909. The second-order valence-electron chi connectivity index (χ2n) is 7.91. The summed E-state index contributed by atoms with van der Waals surface area (Å²) < 4.78 is 7.35. The van der Waals surface area contributed by atoms with Gasteiger partial charge in [-0.2, -0.15) is 0 Å². The van der Waals surface area contributed by atoms with Gasteiger partial charge in [0.1, 0.15) is 11.2 Å². The van der Waals surface area contributed by atoms with E-state index >= 15 is 0 Å². The highest BCUT2D eigenvalue weighted by atomic mass is 16.5. The molecule has 7 heteroatoms. The van der Waals surface area contributed by atoms with Crippen LogP contribution >= 0.6 is 0 Å². The molecule has 2 fully saturated rings. The van der Waals surface area contributed by atoms with E-state index < -0.39 is 5.41 Å². The van der Waals surface area contributed by atoms with Gasteiger partial charge in [-0.1, -0.05) is 18.2 Å². The Balaban J connectivity index is 1.65. The molecule has 1 N–H and O–H groups in total. The third kappa shape index (κ3) is 3.44. The van der Waals surface area contributed by atoms with Crippen LogP contribution < -0.4 is 5.32 Å². The standard InChI is InChI=1S/C22H28N4O3/c1-3-29-21(28)22-10-6-11-23-18(22)9-13-26(15-22)20(27)17-8-5-4-7-16(17)19-24-12-14-25(19)2/h4-5,7-8,12,14,18,23H,3,6,9-11,13,15H2,1-2H3/t18-,22+/m1/s1. The normalized spacial score (nSPS) is 24.1. The van der Waals surface area contributed by atoms with E-state index in [-0.39, 0.29) is 17.9 Å². The van der Waals surface area contributed by atoms with Crippen molar-refractivity contribution < 1.29 is 14.3 Å². The number of aromatic nitrogens is 2. The summed E-state index contributed by atoms with van der Waals surface area (Å²) in [5.41, 5.74) is 0.752. The van der Waals surface area contributed by atoms with Crippen molar-refractivity contribution in [3.05, 3.63) is 42.2 Å². The molecule has 1 aromatic carbocycles. The van der Waals surface area contributed by atoms with Gasteiger partial charge in [-0.3, -0.25) is 9.59 Å². The van der Waals surface area contributed by atoms with E-state index in [1.165, 1.54) is 0 Å². The van der Waals surface area contributed by atoms with E-state index in [0.717, 1.165) is 37.2 Å². The van der Waals surface area contributed by atoms with Crippen LogP contribution in [0.5, 0.6) is 0 Å². The molecule has 2 aliphatic rings. The summed E-state index contributed by atoms with van der Waals surface area (Å²) in [6.07, 6.45) is 5.99. The zero-order chi connectivity index (χ0) is 20.4. The first-order chi connectivity index (χ1) is 14.1. The summed E-state index contributed by atoms with van der Waals surface area (Å²) in [5.74, 6) is 0.506. The number of aryl methyl sites for hydroxylation is 1. The average molecular weight is 396 g/mol. The number of nitrogens with zero attached hydrogens (tertiary/aromatic N) is 3. The molecule has 0 radical (unpaired) electrons. The third-order valence-electron chi connectivity index (χ3n) is 6.21. The summed E-state index contributed by atoms with van der Waals surface area (Å²) in [5, 5.41) is 3.49. The van der Waals surface area contributed by atoms with Gasteiger partial charge in [0.15, 0.2) is 0 Å². The molecule has 2 atom stereocenters. The van der Waals surface area contributed by atoms with E-state index in [0.29, 0.717) is 25.3 Å². The molecule has 7 nitrogen and oxygen atoms in total. The van der Waals surface area contributed by atoms with Gasteiger partial charge in [-0.15, -0.1) is 0 Å². The molecule has 1 amide bonds. The van der Waals surface area contributed by atoms with Gasteiger partial charge in [0.25, 0.3) is 5.91 Å². The number of likely N-dealkylation sites (tertiary alicyclic amines) is 1. The van der Waals surface area contributed by atoms with Crippen molar-refractivity contribution in [1.29, 1.82) is 0 Å². The molecule has 4 rings (SSSR count). The number of hydrogen-bond acceptors (Lipinski definition) is 5. The fourth-order valence-corrected chi connectivity index (χ4v) is 4.74. The maximum Gasteiger partial charge on any atom is 0.315 e. The van der Waals surface area contributed by atoms with Crippen molar-refractivity contribution >= 4 is 11.9 Å². The quantitative estimate of drug-likeness (QED) is 0.802. The average Bonchev–Trinajstić information content (AvgIpc) is 3.18. The Labute approximate surface area is 171 Å². The second-order valence-corrected chi connectivity index (χ2v) is 7.91. The van der Waals surface area contributed by atoms with Crippen molar-refractivity contribution in [1.82, 2.24) is 19.8 Å². The topological polar surface area (TPSA) is 76.5 Å². The van der Waals surface area contributed by atoms with E-state index in [1.54, 1.807) is 6.20 Å². The van der Waals surface area contributed by atoms with Crippen LogP contribution in [0.4, 0.5) is 0 Å². The number of ether oxygens (including phenoxy) is 1. The van der Waals surface area contributed by atoms with Gasteiger partial charge in [0, 0.05) is 44.1 Å². The minimum Gasteiger partial charge on any atom is -0.465 e. The van der Waals surface area contributed by atoms with Crippen molar-refractivity contribution in [2.24, 2.45) is 12.5 Å². The lowest BCUT2D eigenvalue weighted by atomic mass is 9.70. The molecule has 0 bridgehead atoms. The molecule has 29 heavy (non-hydrogen) atoms. The Morgan fingerprint density at radius 3 is 2.93 bits per heavy atom. The van der Waals surface area contributed by atoms with Gasteiger partial charge >= 0.3 is 5.97 Å². The summed E-state index contributed by atoms with van der Waals surface area (Å²) in [6, 6.07) is 7.61. The molecule has 3 heterocycles. The molecule has 0 unspecified atom stereocenters. The Kier molecular flexibility index (Phi) is 5.41. The highest BCUT2D eigenvalue weighted by Crippen LogP contribution is 2.39. The van der Waals surface area contributed by atoms with E-state index in [1.807, 2.05) is 53.9 Å². The minimum atomic E-state index is -0.666. The number of fused-ring (bicyclic) bond motifs is 1. The van der Waals surface area contributed by atoms with Gasteiger partial charge in [-0.25, -0.2) is 4.98 Å². The van der Waals surface area contributed by atoms with Crippen molar-refractivity contribution in [3.8, 4) is 11.4 Å².